The van der Waals surface area contributed by atoms with Crippen molar-refractivity contribution in [2.24, 2.45) is 0 Å². The van der Waals surface area contributed by atoms with E-state index >= 15 is 0 Å². The quantitative estimate of drug-likeness (QED) is 0.752. The summed E-state index contributed by atoms with van der Waals surface area (Å²) < 4.78 is 39.4. The molecule has 1 amide bonds. The Kier molecular flexibility index (Phi) is 5.74. The van der Waals surface area contributed by atoms with Crippen LogP contribution in [0.5, 0.6) is 0 Å². The highest BCUT2D eigenvalue weighted by Crippen LogP contribution is 2.42. The molecule has 0 atom stereocenters. The Bertz CT molecular complexity index is 966. The largest absolute Gasteiger partial charge is 0.325 e. The standard InChI is InChI=1S/C21H25FN2O3S/c1-3-28(26,27)24-19-11-10-18(14-15(19)2)23-20(25)21(12-4-5-13-21)16-6-8-17(22)9-7-16/h6-11,14,24H,3-5,12-13H2,1-2H3,(H,23,25). The van der Waals surface area contributed by atoms with Crippen LogP contribution in [0.4, 0.5) is 15.8 Å². The van der Waals surface area contributed by atoms with Gasteiger partial charge in [-0.15, -0.1) is 0 Å². The van der Waals surface area contributed by atoms with Gasteiger partial charge in [0.15, 0.2) is 0 Å². The van der Waals surface area contributed by atoms with Gasteiger partial charge in [-0.1, -0.05) is 25.0 Å². The number of amides is 1. The van der Waals surface area contributed by atoms with Crippen LogP contribution >= 0.6 is 0 Å². The zero-order valence-corrected chi connectivity index (χ0v) is 16.9. The number of hydrogen-bond donors (Lipinski definition) is 2. The van der Waals surface area contributed by atoms with Crippen molar-refractivity contribution in [3.63, 3.8) is 0 Å². The van der Waals surface area contributed by atoms with Crippen molar-refractivity contribution in [1.29, 1.82) is 0 Å². The molecule has 0 spiro atoms. The summed E-state index contributed by atoms with van der Waals surface area (Å²) in [7, 11) is -3.36. The first-order valence-corrected chi connectivity index (χ1v) is 11.1. The number of nitrogens with one attached hydrogen (secondary N) is 2. The molecule has 5 nitrogen and oxygen atoms in total. The number of benzene rings is 2. The minimum atomic E-state index is -3.36. The Morgan fingerprint density at radius 3 is 2.32 bits per heavy atom. The van der Waals surface area contributed by atoms with E-state index in [0.717, 1.165) is 36.8 Å². The minimum absolute atomic E-state index is 0.00881. The molecule has 150 valence electrons. The topological polar surface area (TPSA) is 75.3 Å². The summed E-state index contributed by atoms with van der Waals surface area (Å²) in [4.78, 5) is 13.2. The second kappa shape index (κ2) is 7.91. The fourth-order valence-electron chi connectivity index (χ4n) is 3.74. The molecular formula is C21H25FN2O3S. The van der Waals surface area contributed by atoms with Crippen molar-refractivity contribution >= 4 is 27.3 Å². The molecule has 1 aliphatic carbocycles. The molecule has 1 saturated carbocycles. The predicted molar refractivity (Wildman–Crippen MR) is 109 cm³/mol. The number of carbonyl (C=O) groups excluding carboxylic acids is 1. The van der Waals surface area contributed by atoms with Crippen LogP contribution in [0.25, 0.3) is 0 Å². The van der Waals surface area contributed by atoms with Crippen LogP contribution in [0.15, 0.2) is 42.5 Å². The summed E-state index contributed by atoms with van der Waals surface area (Å²) in [6, 6.07) is 11.2. The third-order valence-corrected chi connectivity index (χ3v) is 6.71. The van der Waals surface area contributed by atoms with Gasteiger partial charge in [-0.25, -0.2) is 12.8 Å². The Hall–Kier alpha value is -2.41. The van der Waals surface area contributed by atoms with Gasteiger partial charge in [0.05, 0.1) is 16.9 Å². The molecule has 28 heavy (non-hydrogen) atoms. The first-order chi connectivity index (χ1) is 13.3. The summed E-state index contributed by atoms with van der Waals surface area (Å²) in [5, 5.41) is 2.97. The molecule has 0 unspecified atom stereocenters. The Balaban J connectivity index is 1.83. The van der Waals surface area contributed by atoms with Crippen LogP contribution in [0.2, 0.25) is 0 Å². The minimum Gasteiger partial charge on any atom is -0.325 e. The molecule has 3 rings (SSSR count). The molecule has 2 aromatic rings. The average molecular weight is 405 g/mol. The molecule has 0 radical (unpaired) electrons. The first-order valence-electron chi connectivity index (χ1n) is 9.44. The SMILES string of the molecule is CCS(=O)(=O)Nc1ccc(NC(=O)C2(c3ccc(F)cc3)CCCC2)cc1C. The fraction of sp³-hybridized carbons (Fsp3) is 0.381. The van der Waals surface area contributed by atoms with Crippen LogP contribution in [0.3, 0.4) is 0 Å². The molecule has 0 saturated heterocycles. The Morgan fingerprint density at radius 1 is 1.11 bits per heavy atom. The number of aryl methyl sites for hydroxylation is 1. The van der Waals surface area contributed by atoms with E-state index in [9.17, 15) is 17.6 Å². The molecule has 7 heteroatoms. The predicted octanol–water partition coefficient (Wildman–Crippen LogP) is 4.35. The highest BCUT2D eigenvalue weighted by molar-refractivity contribution is 7.92. The van der Waals surface area contributed by atoms with Gasteiger partial charge in [0.25, 0.3) is 0 Å². The Morgan fingerprint density at radius 2 is 1.75 bits per heavy atom. The van der Waals surface area contributed by atoms with Gasteiger partial charge in [0.1, 0.15) is 5.82 Å². The highest BCUT2D eigenvalue weighted by Gasteiger charge is 2.42. The lowest BCUT2D eigenvalue weighted by molar-refractivity contribution is -0.121. The van der Waals surface area contributed by atoms with Gasteiger partial charge >= 0.3 is 0 Å². The second-order valence-corrected chi connectivity index (χ2v) is 9.30. The van der Waals surface area contributed by atoms with Crippen LogP contribution in [0.1, 0.15) is 43.7 Å². The number of sulfonamides is 1. The van der Waals surface area contributed by atoms with E-state index in [0.29, 0.717) is 11.4 Å². The van der Waals surface area contributed by atoms with E-state index in [1.165, 1.54) is 12.1 Å². The molecule has 2 aromatic carbocycles. The summed E-state index contributed by atoms with van der Waals surface area (Å²) in [6.07, 6.45) is 3.33. The van der Waals surface area contributed by atoms with Gasteiger partial charge in [0.2, 0.25) is 15.9 Å². The van der Waals surface area contributed by atoms with E-state index in [2.05, 4.69) is 10.0 Å². The number of halogens is 1. The molecular weight excluding hydrogens is 379 g/mol. The van der Waals surface area contributed by atoms with Crippen molar-refractivity contribution in [1.82, 2.24) is 0 Å². The highest BCUT2D eigenvalue weighted by atomic mass is 32.2. The van der Waals surface area contributed by atoms with E-state index < -0.39 is 15.4 Å². The normalized spacial score (nSPS) is 16.0. The summed E-state index contributed by atoms with van der Waals surface area (Å²) in [5.41, 5.74) is 1.98. The smallest absolute Gasteiger partial charge is 0.235 e. The van der Waals surface area contributed by atoms with Crippen molar-refractivity contribution in [2.75, 3.05) is 15.8 Å². The van der Waals surface area contributed by atoms with E-state index in [4.69, 9.17) is 0 Å². The van der Waals surface area contributed by atoms with Crippen molar-refractivity contribution in [3.05, 3.63) is 59.4 Å². The summed E-state index contributed by atoms with van der Waals surface area (Å²) >= 11 is 0. The van der Waals surface area contributed by atoms with Crippen LogP contribution in [0, 0.1) is 12.7 Å². The zero-order valence-electron chi connectivity index (χ0n) is 16.1. The summed E-state index contributed by atoms with van der Waals surface area (Å²) in [5.74, 6) is -0.443. The van der Waals surface area contributed by atoms with Gasteiger partial charge in [-0.05, 0) is 68.1 Å². The lowest BCUT2D eigenvalue weighted by Gasteiger charge is -2.28. The fourth-order valence-corrected chi connectivity index (χ4v) is 4.45. The molecule has 2 N–H and O–H groups in total. The zero-order chi connectivity index (χ0) is 20.4. The van der Waals surface area contributed by atoms with E-state index in [1.54, 1.807) is 44.2 Å². The van der Waals surface area contributed by atoms with E-state index in [-0.39, 0.29) is 17.5 Å². The van der Waals surface area contributed by atoms with Crippen molar-refractivity contribution in [3.8, 4) is 0 Å². The number of carbonyl (C=O) groups is 1. The molecule has 0 heterocycles. The van der Waals surface area contributed by atoms with Gasteiger partial charge in [-0.3, -0.25) is 9.52 Å². The second-order valence-electron chi connectivity index (χ2n) is 7.29. The van der Waals surface area contributed by atoms with Gasteiger partial charge < -0.3 is 5.32 Å². The molecule has 0 bridgehead atoms. The lowest BCUT2D eigenvalue weighted by Crippen LogP contribution is -2.38. The van der Waals surface area contributed by atoms with Gasteiger partial charge in [0, 0.05) is 5.69 Å². The van der Waals surface area contributed by atoms with E-state index in [1.807, 2.05) is 0 Å². The average Bonchev–Trinajstić information content (AvgIpc) is 3.16. The number of anilines is 2. The molecule has 0 aromatic heterocycles. The third-order valence-electron chi connectivity index (χ3n) is 5.42. The number of rotatable bonds is 6. The van der Waals surface area contributed by atoms with Crippen LogP contribution in [-0.4, -0.2) is 20.1 Å². The van der Waals surface area contributed by atoms with Gasteiger partial charge in [-0.2, -0.15) is 0 Å². The van der Waals surface area contributed by atoms with Crippen molar-refractivity contribution in [2.45, 2.75) is 44.9 Å². The lowest BCUT2D eigenvalue weighted by atomic mass is 9.78. The third kappa shape index (κ3) is 4.19. The maximum Gasteiger partial charge on any atom is 0.235 e. The monoisotopic (exact) mass is 404 g/mol. The van der Waals surface area contributed by atoms with Crippen LogP contribution < -0.4 is 10.0 Å². The van der Waals surface area contributed by atoms with Crippen molar-refractivity contribution < 1.29 is 17.6 Å². The maximum absolute atomic E-state index is 13.3. The summed E-state index contributed by atoms with van der Waals surface area (Å²) in [6.45, 7) is 3.36. The number of hydrogen-bond acceptors (Lipinski definition) is 3. The first kappa shape index (κ1) is 20.3. The molecule has 0 aliphatic heterocycles. The Labute approximate surface area is 165 Å². The maximum atomic E-state index is 13.3. The van der Waals surface area contributed by atoms with Crippen LogP contribution in [-0.2, 0) is 20.2 Å². The molecule has 1 aliphatic rings. The molecule has 1 fully saturated rings.